The second kappa shape index (κ2) is 13.2. The summed E-state index contributed by atoms with van der Waals surface area (Å²) in [6.07, 6.45) is 0. The predicted octanol–water partition coefficient (Wildman–Crippen LogP) is 12.5. The van der Waals surface area contributed by atoms with Crippen LogP contribution < -0.4 is 4.90 Å². The Bertz CT molecular complexity index is 2700. The van der Waals surface area contributed by atoms with Gasteiger partial charge in [-0.25, -0.2) is 4.98 Å². The van der Waals surface area contributed by atoms with Crippen LogP contribution in [0.15, 0.2) is 194 Å². The van der Waals surface area contributed by atoms with Crippen LogP contribution >= 0.6 is 0 Å². The summed E-state index contributed by atoms with van der Waals surface area (Å²) in [4.78, 5) is 7.46. The maximum absolute atomic E-state index is 10.2. The van der Waals surface area contributed by atoms with Gasteiger partial charge in [0.05, 0.1) is 34.1 Å². The van der Waals surface area contributed by atoms with E-state index < -0.39 is 0 Å². The molecule has 0 aliphatic carbocycles. The molecule has 0 aliphatic rings. The van der Waals surface area contributed by atoms with Crippen molar-refractivity contribution in [3.05, 3.63) is 200 Å². The van der Waals surface area contributed by atoms with Crippen LogP contribution in [0.4, 0.5) is 17.1 Å². The molecule has 4 nitrogen and oxygen atoms in total. The van der Waals surface area contributed by atoms with Gasteiger partial charge in [0.1, 0.15) is 0 Å². The second-order valence-electron chi connectivity index (χ2n) is 12.8. The van der Waals surface area contributed by atoms with E-state index in [1.165, 1.54) is 5.39 Å². The quantitative estimate of drug-likeness (QED) is 0.170. The van der Waals surface area contributed by atoms with Crippen LogP contribution in [0.1, 0.15) is 5.56 Å². The summed E-state index contributed by atoms with van der Waals surface area (Å²) < 4.78 is 2.35. The Labute approximate surface area is 302 Å². The third kappa shape index (κ3) is 5.57. The van der Waals surface area contributed by atoms with E-state index in [0.29, 0.717) is 5.56 Å². The first-order valence-corrected chi connectivity index (χ1v) is 17.4. The Kier molecular flexibility index (Phi) is 7.85. The molecule has 2 heterocycles. The summed E-state index contributed by atoms with van der Waals surface area (Å²) in [5.41, 5.74) is 12.6. The van der Waals surface area contributed by atoms with Gasteiger partial charge in [-0.2, -0.15) is 5.26 Å². The smallest absolute Gasteiger partial charge is 0.0998 e. The van der Waals surface area contributed by atoms with Crippen LogP contribution in [0.5, 0.6) is 0 Å². The van der Waals surface area contributed by atoms with Crippen LogP contribution in [0.2, 0.25) is 0 Å². The summed E-state index contributed by atoms with van der Waals surface area (Å²) in [6, 6.07) is 69.5. The normalized spacial score (nSPS) is 11.1. The van der Waals surface area contributed by atoms with Gasteiger partial charge in [-0.05, 0) is 90.0 Å². The van der Waals surface area contributed by atoms with Gasteiger partial charge in [-0.15, -0.1) is 0 Å². The molecule has 2 aromatic heterocycles. The zero-order chi connectivity index (χ0) is 34.9. The maximum atomic E-state index is 10.2. The summed E-state index contributed by atoms with van der Waals surface area (Å²) in [5, 5.41) is 12.5. The number of nitriles is 1. The first-order valence-electron chi connectivity index (χ1n) is 17.4. The maximum Gasteiger partial charge on any atom is 0.0998 e. The number of para-hydroxylation sites is 3. The SMILES string of the molecule is N#Cc1ccccc1-c1cc(-c2cccc(-c3ccccc3)n2)cc(-n2c3ccccc3c3ccc(N(c4ccccc4)c4ccccc4)cc32)c1. The van der Waals surface area contributed by atoms with Crippen LogP contribution in [0.25, 0.3) is 61.1 Å². The van der Waals surface area contributed by atoms with Gasteiger partial charge in [-0.3, -0.25) is 0 Å². The lowest BCUT2D eigenvalue weighted by Gasteiger charge is -2.25. The van der Waals surface area contributed by atoms with Gasteiger partial charge in [0.2, 0.25) is 0 Å². The van der Waals surface area contributed by atoms with Crippen molar-refractivity contribution in [2.45, 2.75) is 0 Å². The van der Waals surface area contributed by atoms with E-state index in [-0.39, 0.29) is 0 Å². The fourth-order valence-electron chi connectivity index (χ4n) is 7.22. The van der Waals surface area contributed by atoms with Gasteiger partial charge in [-0.1, -0.05) is 115 Å². The number of aromatic nitrogens is 2. The largest absolute Gasteiger partial charge is 0.310 e. The molecular formula is C48H32N4. The summed E-state index contributed by atoms with van der Waals surface area (Å²) in [5.74, 6) is 0. The van der Waals surface area contributed by atoms with E-state index in [4.69, 9.17) is 4.98 Å². The number of nitrogens with zero attached hydrogens (tertiary/aromatic N) is 4. The van der Waals surface area contributed by atoms with Gasteiger partial charge >= 0.3 is 0 Å². The number of pyridine rings is 1. The fraction of sp³-hybridized carbons (Fsp3) is 0. The molecule has 244 valence electrons. The fourth-order valence-corrected chi connectivity index (χ4v) is 7.22. The molecule has 0 unspecified atom stereocenters. The molecule has 0 amide bonds. The zero-order valence-electron chi connectivity index (χ0n) is 28.3. The molecule has 0 aliphatic heterocycles. The van der Waals surface area contributed by atoms with E-state index in [1.807, 2.05) is 60.7 Å². The molecule has 9 aromatic rings. The lowest BCUT2D eigenvalue weighted by Crippen LogP contribution is -2.09. The minimum absolute atomic E-state index is 0.627. The minimum Gasteiger partial charge on any atom is -0.310 e. The highest BCUT2D eigenvalue weighted by atomic mass is 15.1. The molecule has 0 spiro atoms. The second-order valence-corrected chi connectivity index (χ2v) is 12.8. The van der Waals surface area contributed by atoms with Crippen LogP contribution in [-0.4, -0.2) is 9.55 Å². The average molecular weight is 665 g/mol. The molecular weight excluding hydrogens is 633 g/mol. The minimum atomic E-state index is 0.627. The molecule has 7 aromatic carbocycles. The standard InChI is InChI=1S/C48H32N4/c49-33-35-17-10-11-22-42(35)36-29-37(46-25-14-24-45(50-46)34-15-4-1-5-16-34)31-41(30-36)52-47-26-13-12-23-43(47)44-28-27-40(32-48(44)52)51(38-18-6-2-7-19-38)39-20-8-3-9-21-39/h1-32H. The molecule has 0 fully saturated rings. The predicted molar refractivity (Wildman–Crippen MR) is 214 cm³/mol. The molecule has 9 rings (SSSR count). The van der Waals surface area contributed by atoms with Crippen LogP contribution in [0, 0.1) is 11.3 Å². The van der Waals surface area contributed by atoms with Crippen molar-refractivity contribution < 1.29 is 0 Å². The molecule has 0 N–H and O–H groups in total. The van der Waals surface area contributed by atoms with E-state index >= 15 is 0 Å². The van der Waals surface area contributed by atoms with E-state index in [1.54, 1.807) is 0 Å². The van der Waals surface area contributed by atoms with Gasteiger partial charge in [0.25, 0.3) is 0 Å². The third-order valence-electron chi connectivity index (χ3n) is 9.59. The highest BCUT2D eigenvalue weighted by Gasteiger charge is 2.19. The first-order chi connectivity index (χ1) is 25.7. The number of hydrogen-bond donors (Lipinski definition) is 0. The van der Waals surface area contributed by atoms with Gasteiger partial charge in [0, 0.05) is 44.6 Å². The van der Waals surface area contributed by atoms with E-state index in [0.717, 1.165) is 72.8 Å². The number of anilines is 3. The number of rotatable bonds is 7. The van der Waals surface area contributed by atoms with Gasteiger partial charge in [0.15, 0.2) is 0 Å². The molecule has 0 bridgehead atoms. The number of benzene rings is 7. The molecule has 0 saturated heterocycles. The van der Waals surface area contributed by atoms with Crippen molar-refractivity contribution in [1.29, 1.82) is 5.26 Å². The monoisotopic (exact) mass is 664 g/mol. The van der Waals surface area contributed by atoms with Crippen molar-refractivity contribution in [2.24, 2.45) is 0 Å². The Hall–Kier alpha value is -7.22. The summed E-state index contributed by atoms with van der Waals surface area (Å²) >= 11 is 0. The van der Waals surface area contributed by atoms with Crippen LogP contribution in [-0.2, 0) is 0 Å². The third-order valence-corrected chi connectivity index (χ3v) is 9.59. The lowest BCUT2D eigenvalue weighted by atomic mass is 9.96. The van der Waals surface area contributed by atoms with Crippen molar-refractivity contribution in [2.75, 3.05) is 4.90 Å². The molecule has 52 heavy (non-hydrogen) atoms. The Morgan fingerprint density at radius 3 is 1.77 bits per heavy atom. The number of fused-ring (bicyclic) bond motifs is 3. The van der Waals surface area contributed by atoms with Crippen molar-refractivity contribution in [3.8, 4) is 45.4 Å². The van der Waals surface area contributed by atoms with Crippen LogP contribution in [0.3, 0.4) is 0 Å². The molecule has 0 radical (unpaired) electrons. The highest BCUT2D eigenvalue weighted by Crippen LogP contribution is 2.41. The van der Waals surface area contributed by atoms with E-state index in [9.17, 15) is 5.26 Å². The topological polar surface area (TPSA) is 44.9 Å². The van der Waals surface area contributed by atoms with Gasteiger partial charge < -0.3 is 9.47 Å². The molecule has 4 heteroatoms. The first kappa shape index (κ1) is 30.8. The molecule has 0 saturated carbocycles. The number of hydrogen-bond acceptors (Lipinski definition) is 3. The highest BCUT2D eigenvalue weighted by molar-refractivity contribution is 6.10. The average Bonchev–Trinajstić information content (AvgIpc) is 3.55. The lowest BCUT2D eigenvalue weighted by molar-refractivity contribution is 1.17. The summed E-state index contributed by atoms with van der Waals surface area (Å²) in [7, 11) is 0. The van der Waals surface area contributed by atoms with E-state index in [2.05, 4.69) is 149 Å². The Balaban J connectivity index is 1.31. The van der Waals surface area contributed by atoms with Crippen molar-refractivity contribution >= 4 is 38.9 Å². The van der Waals surface area contributed by atoms with Crippen molar-refractivity contribution in [1.82, 2.24) is 9.55 Å². The Morgan fingerprint density at radius 1 is 0.442 bits per heavy atom. The van der Waals surface area contributed by atoms with Crippen molar-refractivity contribution in [3.63, 3.8) is 0 Å². The summed E-state index contributed by atoms with van der Waals surface area (Å²) in [6.45, 7) is 0. The zero-order valence-corrected chi connectivity index (χ0v) is 28.3. The Morgan fingerprint density at radius 2 is 1.04 bits per heavy atom. The molecule has 0 atom stereocenters.